The molecule has 1 aliphatic heterocycles. The molecule has 1 saturated heterocycles. The highest BCUT2D eigenvalue weighted by molar-refractivity contribution is 5.90. The van der Waals surface area contributed by atoms with E-state index in [1.807, 2.05) is 90.7 Å². The Kier molecular flexibility index (Phi) is 19.9. The van der Waals surface area contributed by atoms with Gasteiger partial charge < -0.3 is 40.7 Å². The van der Waals surface area contributed by atoms with Gasteiger partial charge in [0, 0.05) is 46.8 Å². The van der Waals surface area contributed by atoms with E-state index in [1.54, 1.807) is 23.8 Å². The molecule has 318 valence electrons. The molecule has 4 amide bonds. The van der Waals surface area contributed by atoms with E-state index in [0.717, 1.165) is 5.56 Å². The molecule has 14 heteroatoms. The lowest BCUT2D eigenvalue weighted by Gasteiger charge is -2.41. The van der Waals surface area contributed by atoms with E-state index in [9.17, 15) is 29.1 Å². The molecule has 1 aliphatic rings. The molecule has 5 N–H and O–H groups in total. The molecule has 0 aromatic heterocycles. The minimum atomic E-state index is -1.14. The number of hydrogen-bond donors (Lipinski definition) is 4. The van der Waals surface area contributed by atoms with E-state index in [-0.39, 0.29) is 54.4 Å². The maximum atomic E-state index is 14.4. The lowest BCUT2D eigenvalue weighted by molar-refractivity contribution is -0.148. The van der Waals surface area contributed by atoms with Gasteiger partial charge in [0.2, 0.25) is 23.6 Å². The number of carbonyl (C=O) groups is 5. The van der Waals surface area contributed by atoms with Gasteiger partial charge in [0.15, 0.2) is 0 Å². The first-order valence-corrected chi connectivity index (χ1v) is 20.3. The van der Waals surface area contributed by atoms with Gasteiger partial charge in [-0.1, -0.05) is 85.2 Å². The van der Waals surface area contributed by atoms with Gasteiger partial charge in [0.05, 0.1) is 42.7 Å². The van der Waals surface area contributed by atoms with Crippen molar-refractivity contribution >= 4 is 29.6 Å². The zero-order chi connectivity index (χ0) is 42.4. The number of likely N-dealkylation sites (tertiary alicyclic amines) is 1. The number of nitrogens with two attached hydrogens (primary N) is 1. The number of amides is 4. The van der Waals surface area contributed by atoms with Crippen molar-refractivity contribution in [1.29, 1.82) is 0 Å². The van der Waals surface area contributed by atoms with Crippen LogP contribution in [0.4, 0.5) is 0 Å². The third-order valence-corrected chi connectivity index (χ3v) is 11.3. The van der Waals surface area contributed by atoms with E-state index >= 15 is 0 Å². The van der Waals surface area contributed by atoms with Gasteiger partial charge in [-0.25, -0.2) is 4.79 Å². The van der Waals surface area contributed by atoms with Crippen molar-refractivity contribution < 1.29 is 38.6 Å². The molecule has 0 spiro atoms. The number of ether oxygens (including phenoxy) is 2. The molecule has 0 radical (unpaired) electrons. The largest absolute Gasteiger partial charge is 0.480 e. The second kappa shape index (κ2) is 23.0. The lowest BCUT2D eigenvalue weighted by atomic mass is 9.89. The van der Waals surface area contributed by atoms with Crippen LogP contribution >= 0.6 is 0 Å². The molecule has 0 bridgehead atoms. The fourth-order valence-corrected chi connectivity index (χ4v) is 8.21. The number of nitrogens with one attached hydrogen (secondary N) is 2. The quantitative estimate of drug-likeness (QED) is 0.129. The van der Waals surface area contributed by atoms with Crippen molar-refractivity contribution in [3.63, 3.8) is 0 Å². The van der Waals surface area contributed by atoms with Gasteiger partial charge in [0.25, 0.3) is 0 Å². The summed E-state index contributed by atoms with van der Waals surface area (Å²) in [5.41, 5.74) is 6.83. The summed E-state index contributed by atoms with van der Waals surface area (Å²) in [7, 11) is 6.61. The van der Waals surface area contributed by atoms with Crippen molar-refractivity contribution in [2.75, 3.05) is 41.4 Å². The number of benzene rings is 1. The average Bonchev–Trinajstić information content (AvgIpc) is 3.62. The Hall–Kier alpha value is -3.59. The standard InChI is InChI=1S/C42H72N6O8/c1-13-27(6)37(47(10)41(52)35(25(2)3)45-40(51)36(26(4)5)46(9)24-28(7)43)33(55-11)23-34(49)48-21-17-20-32(48)38(56-12)29(8)39(50)44-31(42(53)54)22-30-18-15-14-16-19-30/h14-16,18-19,25-29,31-33,35-38H,13,17,20-24,43H2,1-12H3,(H,44,50)(H,45,51)(H,53,54)/t27-,28+,29+,31-,32-,33+,35-,36-,37-,38+/m0/s1. The number of carboxylic acid groups (broad SMARTS) is 1. The maximum absolute atomic E-state index is 14.4. The second-order valence-corrected chi connectivity index (χ2v) is 16.5. The molecule has 1 aromatic rings. The number of rotatable bonds is 23. The molecule has 2 rings (SSSR count). The van der Waals surface area contributed by atoms with Crippen molar-refractivity contribution in [2.45, 2.75) is 136 Å². The Bertz CT molecular complexity index is 1410. The topological polar surface area (TPSA) is 184 Å². The summed E-state index contributed by atoms with van der Waals surface area (Å²) in [4.78, 5) is 73.2. The predicted octanol–water partition coefficient (Wildman–Crippen LogP) is 3.16. The van der Waals surface area contributed by atoms with Crippen LogP contribution < -0.4 is 16.4 Å². The molecule has 14 nitrogen and oxygen atoms in total. The SMILES string of the molecule is CC[C@H](C)[C@@H]([C@@H](CC(=O)N1CCC[C@H]1[C@H](OC)[C@@H](C)C(=O)N[C@@H](Cc1ccccc1)C(=O)O)OC)N(C)C(=O)[C@@H](NC(=O)[C@H](C(C)C)N(C)C[C@@H](C)N)C(C)C. The summed E-state index contributed by atoms with van der Waals surface area (Å²) in [6, 6.07) is 5.60. The van der Waals surface area contributed by atoms with Crippen LogP contribution in [0.25, 0.3) is 0 Å². The Morgan fingerprint density at radius 2 is 1.55 bits per heavy atom. The maximum Gasteiger partial charge on any atom is 0.326 e. The van der Waals surface area contributed by atoms with Crippen LogP contribution in [-0.4, -0.2) is 139 Å². The summed E-state index contributed by atoms with van der Waals surface area (Å²) in [5.74, 6) is -3.39. The second-order valence-electron chi connectivity index (χ2n) is 16.5. The zero-order valence-corrected chi connectivity index (χ0v) is 36.0. The van der Waals surface area contributed by atoms with E-state index in [4.69, 9.17) is 15.2 Å². The summed E-state index contributed by atoms with van der Waals surface area (Å²) >= 11 is 0. The molecular weight excluding hydrogens is 716 g/mol. The van der Waals surface area contributed by atoms with Gasteiger partial charge in [0.1, 0.15) is 12.1 Å². The Labute approximate surface area is 335 Å². The molecule has 1 aromatic carbocycles. The van der Waals surface area contributed by atoms with Crippen molar-refractivity contribution in [3.05, 3.63) is 35.9 Å². The van der Waals surface area contributed by atoms with E-state index in [2.05, 4.69) is 10.6 Å². The van der Waals surface area contributed by atoms with E-state index in [1.165, 1.54) is 14.2 Å². The number of likely N-dealkylation sites (N-methyl/N-ethyl adjacent to an activating group) is 2. The summed E-state index contributed by atoms with van der Waals surface area (Å²) < 4.78 is 11.9. The highest BCUT2D eigenvalue weighted by Crippen LogP contribution is 2.30. The van der Waals surface area contributed by atoms with Crippen LogP contribution in [0.2, 0.25) is 0 Å². The number of nitrogens with zero attached hydrogens (tertiary/aromatic N) is 3. The van der Waals surface area contributed by atoms with Gasteiger partial charge in [-0.2, -0.15) is 0 Å². The normalized spacial score (nSPS) is 19.4. The Balaban J connectivity index is 2.28. The first-order chi connectivity index (χ1) is 26.3. The van der Waals surface area contributed by atoms with Crippen LogP contribution in [0.3, 0.4) is 0 Å². The fraction of sp³-hybridized carbons (Fsp3) is 0.738. The summed E-state index contributed by atoms with van der Waals surface area (Å²) in [5, 5.41) is 15.6. The first-order valence-electron chi connectivity index (χ1n) is 20.3. The van der Waals surface area contributed by atoms with Gasteiger partial charge in [-0.15, -0.1) is 0 Å². The fourth-order valence-electron chi connectivity index (χ4n) is 8.21. The highest BCUT2D eigenvalue weighted by Gasteiger charge is 2.43. The molecule has 0 saturated carbocycles. The van der Waals surface area contributed by atoms with Gasteiger partial charge in [-0.3, -0.25) is 24.1 Å². The molecule has 0 unspecified atom stereocenters. The minimum absolute atomic E-state index is 0.0228. The first kappa shape index (κ1) is 48.6. The average molecular weight is 789 g/mol. The van der Waals surface area contributed by atoms with Crippen LogP contribution in [-0.2, 0) is 39.9 Å². The minimum Gasteiger partial charge on any atom is -0.480 e. The number of carboxylic acids is 1. The molecule has 1 fully saturated rings. The number of carbonyl (C=O) groups excluding carboxylic acids is 4. The number of aliphatic carboxylic acids is 1. The molecule has 1 heterocycles. The van der Waals surface area contributed by atoms with Crippen molar-refractivity contribution in [2.24, 2.45) is 29.4 Å². The van der Waals surface area contributed by atoms with Crippen molar-refractivity contribution in [1.82, 2.24) is 25.3 Å². The smallest absolute Gasteiger partial charge is 0.326 e. The summed E-state index contributed by atoms with van der Waals surface area (Å²) in [6.07, 6.45) is 0.748. The Morgan fingerprint density at radius 1 is 0.929 bits per heavy atom. The third-order valence-electron chi connectivity index (χ3n) is 11.3. The molecule has 10 atom stereocenters. The Morgan fingerprint density at radius 3 is 2.05 bits per heavy atom. The van der Waals surface area contributed by atoms with Crippen LogP contribution in [0.5, 0.6) is 0 Å². The highest BCUT2D eigenvalue weighted by atomic mass is 16.5. The number of hydrogen-bond acceptors (Lipinski definition) is 9. The van der Waals surface area contributed by atoms with Crippen LogP contribution in [0, 0.1) is 23.7 Å². The predicted molar refractivity (Wildman–Crippen MR) is 218 cm³/mol. The zero-order valence-electron chi connectivity index (χ0n) is 36.0. The summed E-state index contributed by atoms with van der Waals surface area (Å²) in [6.45, 7) is 16.3. The van der Waals surface area contributed by atoms with Crippen LogP contribution in [0.1, 0.15) is 86.6 Å². The number of methoxy groups -OCH3 is 2. The molecular formula is C42H72N6O8. The lowest BCUT2D eigenvalue weighted by Crippen LogP contribution is -2.60. The monoisotopic (exact) mass is 789 g/mol. The van der Waals surface area contributed by atoms with Crippen LogP contribution in [0.15, 0.2) is 30.3 Å². The van der Waals surface area contributed by atoms with Crippen molar-refractivity contribution in [3.8, 4) is 0 Å². The third kappa shape index (κ3) is 13.2. The van der Waals surface area contributed by atoms with Gasteiger partial charge >= 0.3 is 5.97 Å². The van der Waals surface area contributed by atoms with E-state index < -0.39 is 60.2 Å². The molecule has 0 aliphatic carbocycles. The molecule has 56 heavy (non-hydrogen) atoms. The van der Waals surface area contributed by atoms with Gasteiger partial charge in [-0.05, 0) is 50.1 Å². The van der Waals surface area contributed by atoms with E-state index in [0.29, 0.717) is 32.4 Å².